The number of hydrogen-bond donors (Lipinski definition) is 0. The molecule has 0 radical (unpaired) electrons. The smallest absolute Gasteiger partial charge is 0.217 e. The Balaban J connectivity index is 0.000000255. The van der Waals surface area contributed by atoms with E-state index in [4.69, 9.17) is 0 Å². The fourth-order valence-corrected chi connectivity index (χ4v) is 0.738. The summed E-state index contributed by atoms with van der Waals surface area (Å²) >= 11 is 0. The van der Waals surface area contributed by atoms with Crippen molar-refractivity contribution in [2.75, 3.05) is 7.11 Å². The van der Waals surface area contributed by atoms with Crippen molar-refractivity contribution >= 4 is 10.4 Å². The summed E-state index contributed by atoms with van der Waals surface area (Å²) in [5, 5.41) is 0. The van der Waals surface area contributed by atoms with Gasteiger partial charge in [0.05, 0.1) is 7.11 Å². The van der Waals surface area contributed by atoms with Gasteiger partial charge in [0.25, 0.3) is 0 Å². The zero-order chi connectivity index (χ0) is 11.2. The summed E-state index contributed by atoms with van der Waals surface area (Å²) in [6.45, 7) is 2.08. The van der Waals surface area contributed by atoms with Gasteiger partial charge in [-0.25, -0.2) is 13.0 Å². The molecular formula is C8H13NO4S. The average molecular weight is 219 g/mol. The summed E-state index contributed by atoms with van der Waals surface area (Å²) in [5.41, 5.74) is 1.30. The summed E-state index contributed by atoms with van der Waals surface area (Å²) in [7, 11) is -1.58. The molecule has 0 unspecified atom stereocenters. The van der Waals surface area contributed by atoms with E-state index in [0.29, 0.717) is 0 Å². The van der Waals surface area contributed by atoms with Gasteiger partial charge in [0.15, 0.2) is 12.4 Å². The molecular weight excluding hydrogens is 206 g/mol. The summed E-state index contributed by atoms with van der Waals surface area (Å²) in [4.78, 5) is 0. The molecule has 0 aliphatic rings. The Hall–Kier alpha value is -0.980. The van der Waals surface area contributed by atoms with E-state index >= 15 is 0 Å². The second-order valence-corrected chi connectivity index (χ2v) is 3.77. The minimum atomic E-state index is -4.41. The monoisotopic (exact) mass is 219 g/mol. The Morgan fingerprint density at radius 1 is 1.50 bits per heavy atom. The van der Waals surface area contributed by atoms with Crippen molar-refractivity contribution in [1.29, 1.82) is 0 Å². The highest BCUT2D eigenvalue weighted by atomic mass is 32.3. The van der Waals surface area contributed by atoms with Crippen LogP contribution in [0.1, 0.15) is 5.56 Å². The van der Waals surface area contributed by atoms with Crippen LogP contribution in [-0.2, 0) is 21.6 Å². The van der Waals surface area contributed by atoms with Crippen molar-refractivity contribution in [2.45, 2.75) is 6.92 Å². The van der Waals surface area contributed by atoms with Crippen LogP contribution in [0.4, 0.5) is 0 Å². The van der Waals surface area contributed by atoms with Gasteiger partial charge in [-0.2, -0.15) is 0 Å². The number of aromatic nitrogens is 1. The second kappa shape index (κ2) is 5.69. The van der Waals surface area contributed by atoms with Gasteiger partial charge >= 0.3 is 0 Å². The van der Waals surface area contributed by atoms with E-state index in [-0.39, 0.29) is 0 Å². The minimum absolute atomic E-state index is 0.808. The predicted octanol–water partition coefficient (Wildman–Crippen LogP) is -0.0875. The molecule has 5 nitrogen and oxygen atoms in total. The number of pyridine rings is 1. The van der Waals surface area contributed by atoms with E-state index in [1.54, 1.807) is 0 Å². The third-order valence-corrected chi connectivity index (χ3v) is 1.70. The van der Waals surface area contributed by atoms with Crippen molar-refractivity contribution in [3.63, 3.8) is 0 Å². The summed E-state index contributed by atoms with van der Waals surface area (Å²) in [6.07, 6.45) is 4.10. The Labute approximate surface area is 83.9 Å². The summed E-state index contributed by atoms with van der Waals surface area (Å²) < 4.78 is 33.1. The fourth-order valence-electron chi connectivity index (χ4n) is 0.738. The highest BCUT2D eigenvalue weighted by Gasteiger charge is 1.87. The molecule has 0 aliphatic carbocycles. The van der Waals surface area contributed by atoms with Crippen molar-refractivity contribution in [2.24, 2.45) is 7.05 Å². The molecule has 80 valence electrons. The third kappa shape index (κ3) is 7.66. The van der Waals surface area contributed by atoms with E-state index < -0.39 is 10.4 Å². The standard InChI is InChI=1S/C7H10N.CH4O4S/c1-7-4-3-5-8(2)6-7;1-5-6(2,3)4/h3-6H,1-2H3;1H3,(H,2,3,4)/q+1;/p-1. The van der Waals surface area contributed by atoms with Crippen molar-refractivity contribution in [3.8, 4) is 0 Å². The van der Waals surface area contributed by atoms with Crippen LogP contribution >= 0.6 is 0 Å². The van der Waals surface area contributed by atoms with Gasteiger partial charge in [-0.15, -0.1) is 0 Å². The van der Waals surface area contributed by atoms with Gasteiger partial charge in [0.1, 0.15) is 7.05 Å². The van der Waals surface area contributed by atoms with Crippen LogP contribution in [-0.4, -0.2) is 20.1 Å². The lowest BCUT2D eigenvalue weighted by atomic mass is 10.3. The molecule has 1 heterocycles. The number of rotatable bonds is 1. The molecule has 0 spiro atoms. The van der Waals surface area contributed by atoms with E-state index in [1.165, 1.54) is 5.56 Å². The first-order chi connectivity index (χ1) is 6.35. The third-order valence-electron chi connectivity index (χ3n) is 1.29. The molecule has 0 saturated carbocycles. The number of hydrogen-bond acceptors (Lipinski definition) is 4. The van der Waals surface area contributed by atoms with Crippen LogP contribution in [0, 0.1) is 6.92 Å². The molecule has 14 heavy (non-hydrogen) atoms. The maximum absolute atomic E-state index is 9.22. The Kier molecular flexibility index (Phi) is 5.29. The molecule has 0 saturated heterocycles. The second-order valence-electron chi connectivity index (χ2n) is 2.62. The lowest BCUT2D eigenvalue weighted by molar-refractivity contribution is -0.671. The fraction of sp³-hybridized carbons (Fsp3) is 0.375. The first-order valence-electron chi connectivity index (χ1n) is 3.78. The highest BCUT2D eigenvalue weighted by Crippen LogP contribution is 1.86. The summed E-state index contributed by atoms with van der Waals surface area (Å²) in [5.74, 6) is 0. The Bertz CT molecular complexity index is 357. The molecule has 1 rings (SSSR count). The van der Waals surface area contributed by atoms with Crippen LogP contribution in [0.15, 0.2) is 24.5 Å². The molecule has 1 aromatic heterocycles. The van der Waals surface area contributed by atoms with Crippen LogP contribution in [0.5, 0.6) is 0 Å². The van der Waals surface area contributed by atoms with Gasteiger partial charge < -0.3 is 4.55 Å². The largest absolute Gasteiger partial charge is 0.726 e. The van der Waals surface area contributed by atoms with Gasteiger partial charge in [-0.05, 0) is 13.0 Å². The average Bonchev–Trinajstić information content (AvgIpc) is 2.03. The SMILES string of the molecule is COS(=O)(=O)[O-].Cc1ccc[n+](C)c1. The van der Waals surface area contributed by atoms with E-state index in [2.05, 4.69) is 23.4 Å². The van der Waals surface area contributed by atoms with Crippen molar-refractivity contribution in [1.82, 2.24) is 0 Å². The molecule has 0 fully saturated rings. The van der Waals surface area contributed by atoms with Gasteiger partial charge in [0.2, 0.25) is 10.4 Å². The maximum Gasteiger partial charge on any atom is 0.217 e. The number of aryl methyl sites for hydroxylation is 2. The zero-order valence-electron chi connectivity index (χ0n) is 8.30. The lowest BCUT2D eigenvalue weighted by Crippen LogP contribution is -2.26. The molecule has 0 bridgehead atoms. The van der Waals surface area contributed by atoms with E-state index in [1.807, 2.05) is 23.9 Å². The van der Waals surface area contributed by atoms with E-state index in [9.17, 15) is 13.0 Å². The highest BCUT2D eigenvalue weighted by molar-refractivity contribution is 7.80. The lowest BCUT2D eigenvalue weighted by Gasteiger charge is -1.98. The Morgan fingerprint density at radius 2 is 2.00 bits per heavy atom. The Morgan fingerprint density at radius 3 is 2.21 bits per heavy atom. The van der Waals surface area contributed by atoms with Crippen LogP contribution in [0.2, 0.25) is 0 Å². The zero-order valence-corrected chi connectivity index (χ0v) is 9.11. The molecule has 1 aromatic rings. The van der Waals surface area contributed by atoms with Crippen LogP contribution in [0.25, 0.3) is 0 Å². The van der Waals surface area contributed by atoms with Gasteiger partial charge in [0, 0.05) is 11.6 Å². The molecule has 0 atom stereocenters. The summed E-state index contributed by atoms with van der Waals surface area (Å²) in [6, 6.07) is 4.12. The molecule has 6 heteroatoms. The normalized spacial score (nSPS) is 10.3. The minimum Gasteiger partial charge on any atom is -0.726 e. The van der Waals surface area contributed by atoms with Gasteiger partial charge in [-0.3, -0.25) is 4.18 Å². The molecule has 0 aliphatic heterocycles. The van der Waals surface area contributed by atoms with E-state index in [0.717, 1.165) is 7.11 Å². The molecule has 0 N–H and O–H groups in total. The molecule has 0 aromatic carbocycles. The van der Waals surface area contributed by atoms with Crippen molar-refractivity contribution in [3.05, 3.63) is 30.1 Å². The predicted molar refractivity (Wildman–Crippen MR) is 49.1 cm³/mol. The van der Waals surface area contributed by atoms with Gasteiger partial charge in [-0.1, -0.05) is 0 Å². The first-order valence-corrected chi connectivity index (χ1v) is 5.12. The quantitative estimate of drug-likeness (QED) is 0.376. The number of nitrogens with zero attached hydrogens (tertiary/aromatic N) is 1. The van der Waals surface area contributed by atoms with Crippen LogP contribution in [0.3, 0.4) is 0 Å². The first kappa shape index (κ1) is 13.0. The van der Waals surface area contributed by atoms with Crippen molar-refractivity contribution < 1.29 is 21.7 Å². The van der Waals surface area contributed by atoms with Crippen LogP contribution < -0.4 is 4.57 Å². The topological polar surface area (TPSA) is 70.3 Å². The molecule has 0 amide bonds. The maximum atomic E-state index is 9.22.